The highest BCUT2D eigenvalue weighted by molar-refractivity contribution is 5.30. The molecule has 0 heterocycles. The molecule has 0 bridgehead atoms. The third kappa shape index (κ3) is 2.54. The molecule has 0 aromatic heterocycles. The van der Waals surface area contributed by atoms with E-state index in [0.717, 1.165) is 17.5 Å². The molecule has 0 saturated carbocycles. The fraction of sp³-hybridized carbons (Fsp3) is 0.455. The Bertz CT molecular complexity index is 286. The van der Waals surface area contributed by atoms with E-state index in [2.05, 4.69) is 0 Å². The number of hydrogen-bond donors (Lipinski definition) is 3. The van der Waals surface area contributed by atoms with Crippen molar-refractivity contribution in [3.8, 4) is 0 Å². The van der Waals surface area contributed by atoms with Crippen LogP contribution in [0.25, 0.3) is 0 Å². The lowest BCUT2D eigenvalue weighted by Gasteiger charge is -2.18. The van der Waals surface area contributed by atoms with Gasteiger partial charge in [-0.25, -0.2) is 0 Å². The van der Waals surface area contributed by atoms with Crippen molar-refractivity contribution in [2.24, 2.45) is 11.5 Å². The van der Waals surface area contributed by atoms with Crippen LogP contribution in [-0.2, 0) is 6.42 Å². The zero-order valence-corrected chi connectivity index (χ0v) is 8.48. The highest BCUT2D eigenvalue weighted by Crippen LogP contribution is 2.19. The average Bonchev–Trinajstić information content (AvgIpc) is 2.18. The molecule has 14 heavy (non-hydrogen) atoms. The molecule has 0 spiro atoms. The van der Waals surface area contributed by atoms with E-state index in [-0.39, 0.29) is 6.04 Å². The van der Waals surface area contributed by atoms with Gasteiger partial charge in [0.25, 0.3) is 0 Å². The van der Waals surface area contributed by atoms with E-state index in [9.17, 15) is 5.11 Å². The number of aliphatic hydroxyl groups is 1. The van der Waals surface area contributed by atoms with E-state index in [4.69, 9.17) is 11.5 Å². The molecule has 0 saturated heterocycles. The van der Waals surface area contributed by atoms with Gasteiger partial charge < -0.3 is 16.6 Å². The Balaban J connectivity index is 2.94. The van der Waals surface area contributed by atoms with Crippen LogP contribution in [0.3, 0.4) is 0 Å². The van der Waals surface area contributed by atoms with Crippen LogP contribution < -0.4 is 11.5 Å². The van der Waals surface area contributed by atoms with Crippen molar-refractivity contribution in [3.63, 3.8) is 0 Å². The van der Waals surface area contributed by atoms with Crippen molar-refractivity contribution in [2.45, 2.75) is 25.5 Å². The van der Waals surface area contributed by atoms with Crippen molar-refractivity contribution in [1.29, 1.82) is 0 Å². The van der Waals surface area contributed by atoms with Crippen molar-refractivity contribution in [1.82, 2.24) is 0 Å². The minimum absolute atomic E-state index is 0.322. The average molecular weight is 194 g/mol. The van der Waals surface area contributed by atoms with E-state index in [1.807, 2.05) is 24.3 Å². The molecule has 78 valence electrons. The monoisotopic (exact) mass is 194 g/mol. The smallest absolute Gasteiger partial charge is 0.0704 e. The first-order valence-electron chi connectivity index (χ1n) is 4.88. The summed E-state index contributed by atoms with van der Waals surface area (Å²) in [5, 5.41) is 9.41. The third-order valence-electron chi connectivity index (χ3n) is 2.35. The molecule has 0 aliphatic rings. The van der Waals surface area contributed by atoms with Crippen LogP contribution in [0, 0.1) is 0 Å². The fourth-order valence-corrected chi connectivity index (χ4v) is 1.50. The summed E-state index contributed by atoms with van der Waals surface area (Å²) >= 11 is 0. The van der Waals surface area contributed by atoms with E-state index < -0.39 is 6.10 Å². The summed E-state index contributed by atoms with van der Waals surface area (Å²) in [6.07, 6.45) is 0.269. The topological polar surface area (TPSA) is 72.3 Å². The molecule has 3 nitrogen and oxygen atoms in total. The first-order chi connectivity index (χ1) is 6.66. The van der Waals surface area contributed by atoms with E-state index >= 15 is 0 Å². The van der Waals surface area contributed by atoms with Gasteiger partial charge in [-0.05, 0) is 31.0 Å². The lowest BCUT2D eigenvalue weighted by atomic mass is 9.96. The first-order valence-corrected chi connectivity index (χ1v) is 4.88. The van der Waals surface area contributed by atoms with Gasteiger partial charge in [-0.3, -0.25) is 0 Å². The number of aliphatic hydroxyl groups excluding tert-OH is 1. The Hall–Kier alpha value is -0.900. The van der Waals surface area contributed by atoms with E-state index in [1.54, 1.807) is 6.92 Å². The highest BCUT2D eigenvalue weighted by Gasteiger charge is 2.14. The van der Waals surface area contributed by atoms with E-state index in [0.29, 0.717) is 6.54 Å². The quantitative estimate of drug-likeness (QED) is 0.656. The number of benzene rings is 1. The lowest BCUT2D eigenvalue weighted by molar-refractivity contribution is 0.164. The summed E-state index contributed by atoms with van der Waals surface area (Å²) in [4.78, 5) is 0. The second-order valence-corrected chi connectivity index (χ2v) is 3.50. The maximum absolute atomic E-state index is 9.41. The molecule has 0 aliphatic carbocycles. The highest BCUT2D eigenvalue weighted by atomic mass is 16.3. The predicted molar refractivity (Wildman–Crippen MR) is 57.8 cm³/mol. The minimum Gasteiger partial charge on any atom is -0.391 e. The summed E-state index contributed by atoms with van der Waals surface area (Å²) in [6, 6.07) is 7.52. The number of rotatable bonds is 4. The summed E-state index contributed by atoms with van der Waals surface area (Å²) in [5.41, 5.74) is 13.5. The standard InChI is InChI=1S/C11H18N2O/c1-8(14)11(13)10-5-3-2-4-9(10)6-7-12/h2-5,8,11,14H,6-7,12-13H2,1H3/t8-,11+/m1/s1. The molecule has 0 amide bonds. The van der Waals surface area contributed by atoms with Crippen LogP contribution >= 0.6 is 0 Å². The number of nitrogens with two attached hydrogens (primary N) is 2. The molecule has 0 fully saturated rings. The van der Waals surface area contributed by atoms with Gasteiger partial charge in [0.05, 0.1) is 12.1 Å². The molecule has 1 aromatic rings. The summed E-state index contributed by atoms with van der Waals surface area (Å²) < 4.78 is 0. The van der Waals surface area contributed by atoms with Gasteiger partial charge in [-0.2, -0.15) is 0 Å². The van der Waals surface area contributed by atoms with Crippen LogP contribution in [0.2, 0.25) is 0 Å². The zero-order chi connectivity index (χ0) is 10.6. The van der Waals surface area contributed by atoms with E-state index in [1.165, 1.54) is 0 Å². The van der Waals surface area contributed by atoms with Gasteiger partial charge >= 0.3 is 0 Å². The maximum Gasteiger partial charge on any atom is 0.0704 e. The van der Waals surface area contributed by atoms with Gasteiger partial charge in [-0.15, -0.1) is 0 Å². The summed E-state index contributed by atoms with van der Waals surface area (Å²) in [6.45, 7) is 2.30. The van der Waals surface area contributed by atoms with Crippen LogP contribution in [0.1, 0.15) is 24.1 Å². The van der Waals surface area contributed by atoms with Gasteiger partial charge in [0.2, 0.25) is 0 Å². The molecular formula is C11H18N2O. The molecule has 5 N–H and O–H groups in total. The molecule has 2 atom stereocenters. The molecule has 0 aliphatic heterocycles. The second kappa shape index (κ2) is 5.10. The van der Waals surface area contributed by atoms with Crippen LogP contribution in [-0.4, -0.2) is 17.8 Å². The first kappa shape index (κ1) is 11.2. The van der Waals surface area contributed by atoms with Gasteiger partial charge in [0.1, 0.15) is 0 Å². The van der Waals surface area contributed by atoms with Gasteiger partial charge in [0.15, 0.2) is 0 Å². The second-order valence-electron chi connectivity index (χ2n) is 3.50. The van der Waals surface area contributed by atoms with Gasteiger partial charge in [-0.1, -0.05) is 24.3 Å². The van der Waals surface area contributed by atoms with Crippen molar-refractivity contribution < 1.29 is 5.11 Å². The van der Waals surface area contributed by atoms with Crippen molar-refractivity contribution in [2.75, 3.05) is 6.54 Å². The molecule has 1 rings (SSSR count). The fourth-order valence-electron chi connectivity index (χ4n) is 1.50. The predicted octanol–water partition coefficient (Wildman–Crippen LogP) is 0.568. The SMILES string of the molecule is C[C@@H](O)[C@H](N)c1ccccc1CCN. The Kier molecular flexibility index (Phi) is 4.07. The molecule has 0 radical (unpaired) electrons. The Morgan fingerprint density at radius 3 is 2.57 bits per heavy atom. The number of hydrogen-bond acceptors (Lipinski definition) is 3. The lowest BCUT2D eigenvalue weighted by Crippen LogP contribution is -2.24. The molecule has 3 heteroatoms. The molecular weight excluding hydrogens is 176 g/mol. The third-order valence-corrected chi connectivity index (χ3v) is 2.35. The maximum atomic E-state index is 9.41. The largest absolute Gasteiger partial charge is 0.391 e. The van der Waals surface area contributed by atoms with Crippen LogP contribution in [0.15, 0.2) is 24.3 Å². The zero-order valence-electron chi connectivity index (χ0n) is 8.48. The summed E-state index contributed by atoms with van der Waals surface area (Å²) in [5.74, 6) is 0. The van der Waals surface area contributed by atoms with Crippen molar-refractivity contribution >= 4 is 0 Å². The van der Waals surface area contributed by atoms with Crippen LogP contribution in [0.4, 0.5) is 0 Å². The van der Waals surface area contributed by atoms with Crippen molar-refractivity contribution in [3.05, 3.63) is 35.4 Å². The molecule has 0 unspecified atom stereocenters. The molecule has 1 aromatic carbocycles. The minimum atomic E-state index is -0.533. The van der Waals surface area contributed by atoms with Gasteiger partial charge in [0, 0.05) is 0 Å². The normalized spacial score (nSPS) is 15.1. The van der Waals surface area contributed by atoms with Crippen LogP contribution in [0.5, 0.6) is 0 Å². The summed E-state index contributed by atoms with van der Waals surface area (Å²) in [7, 11) is 0. The Morgan fingerprint density at radius 1 is 1.36 bits per heavy atom. The Morgan fingerprint density at radius 2 is 2.00 bits per heavy atom. The Labute approximate surface area is 84.7 Å².